The minimum Gasteiger partial charge on any atom is -0.319 e. The van der Waals surface area contributed by atoms with E-state index in [1.165, 1.54) is 25.7 Å². The first-order valence-corrected chi connectivity index (χ1v) is 5.97. The Morgan fingerprint density at radius 2 is 2.07 bits per heavy atom. The van der Waals surface area contributed by atoms with Gasteiger partial charge in [-0.15, -0.1) is 0 Å². The second-order valence-electron chi connectivity index (χ2n) is 4.38. The Morgan fingerprint density at radius 3 is 2.71 bits per heavy atom. The molecule has 1 fully saturated rings. The van der Waals surface area contributed by atoms with E-state index in [9.17, 15) is 4.79 Å². The summed E-state index contributed by atoms with van der Waals surface area (Å²) in [5.74, 6) is 1.54. The van der Waals surface area contributed by atoms with E-state index in [1.54, 1.807) is 0 Å². The molecule has 0 aromatic rings. The Hall–Kier alpha value is -0.370. The van der Waals surface area contributed by atoms with Crippen LogP contribution in [0.1, 0.15) is 45.4 Å². The minimum absolute atomic E-state index is 0.377. The standard InChI is InChI=1S/C12H23NO/c1-3-10-6-4-5-7-11(10)12(14)8-9-13-2/h10-11,13H,3-9H2,1-2H3. The fourth-order valence-electron chi connectivity index (χ4n) is 2.55. The SMILES string of the molecule is CCC1CCCCC1C(=O)CCNC. The van der Waals surface area contributed by atoms with E-state index in [2.05, 4.69) is 12.2 Å². The van der Waals surface area contributed by atoms with Crippen LogP contribution in [0.2, 0.25) is 0 Å². The second kappa shape index (κ2) is 6.18. The van der Waals surface area contributed by atoms with Gasteiger partial charge in [0.15, 0.2) is 0 Å². The minimum atomic E-state index is 0.377. The van der Waals surface area contributed by atoms with Crippen LogP contribution >= 0.6 is 0 Å². The van der Waals surface area contributed by atoms with Crippen LogP contribution < -0.4 is 5.32 Å². The van der Waals surface area contributed by atoms with Gasteiger partial charge in [0, 0.05) is 18.9 Å². The maximum atomic E-state index is 11.9. The van der Waals surface area contributed by atoms with Crippen LogP contribution in [0.4, 0.5) is 0 Å². The molecule has 14 heavy (non-hydrogen) atoms. The third-order valence-electron chi connectivity index (χ3n) is 3.47. The molecule has 0 aromatic heterocycles. The van der Waals surface area contributed by atoms with Crippen molar-refractivity contribution in [1.82, 2.24) is 5.32 Å². The molecule has 0 aliphatic heterocycles. The lowest BCUT2D eigenvalue weighted by atomic mass is 9.75. The molecule has 1 aliphatic carbocycles. The van der Waals surface area contributed by atoms with Crippen molar-refractivity contribution >= 4 is 5.78 Å². The van der Waals surface area contributed by atoms with E-state index < -0.39 is 0 Å². The lowest BCUT2D eigenvalue weighted by Gasteiger charge is -2.29. The van der Waals surface area contributed by atoms with Gasteiger partial charge < -0.3 is 5.32 Å². The zero-order chi connectivity index (χ0) is 10.4. The molecule has 1 aliphatic rings. The molecule has 1 N–H and O–H groups in total. The lowest BCUT2D eigenvalue weighted by Crippen LogP contribution is -2.28. The highest BCUT2D eigenvalue weighted by atomic mass is 16.1. The number of hydrogen-bond donors (Lipinski definition) is 1. The van der Waals surface area contributed by atoms with Gasteiger partial charge in [-0.1, -0.05) is 26.2 Å². The summed E-state index contributed by atoms with van der Waals surface area (Å²) in [7, 11) is 1.91. The highest BCUT2D eigenvalue weighted by molar-refractivity contribution is 5.81. The second-order valence-corrected chi connectivity index (χ2v) is 4.38. The molecule has 0 heterocycles. The number of hydrogen-bond acceptors (Lipinski definition) is 2. The summed E-state index contributed by atoms with van der Waals surface area (Å²) >= 11 is 0. The summed E-state index contributed by atoms with van der Waals surface area (Å²) in [6.45, 7) is 3.06. The van der Waals surface area contributed by atoms with E-state index in [4.69, 9.17) is 0 Å². The number of ketones is 1. The number of carbonyl (C=O) groups excluding carboxylic acids is 1. The largest absolute Gasteiger partial charge is 0.319 e. The smallest absolute Gasteiger partial charge is 0.137 e. The Labute approximate surface area is 87.5 Å². The molecule has 82 valence electrons. The first-order valence-electron chi connectivity index (χ1n) is 5.97. The Bertz CT molecular complexity index is 179. The Kier molecular flexibility index (Phi) is 5.16. The van der Waals surface area contributed by atoms with Crippen molar-refractivity contribution in [3.05, 3.63) is 0 Å². The van der Waals surface area contributed by atoms with E-state index in [1.807, 2.05) is 7.05 Å². The zero-order valence-corrected chi connectivity index (χ0v) is 9.51. The molecule has 2 unspecified atom stereocenters. The van der Waals surface area contributed by atoms with Crippen LogP contribution in [0, 0.1) is 11.8 Å². The van der Waals surface area contributed by atoms with Gasteiger partial charge in [0.25, 0.3) is 0 Å². The maximum Gasteiger partial charge on any atom is 0.137 e. The molecule has 0 aromatic carbocycles. The summed E-state index contributed by atoms with van der Waals surface area (Å²) in [6.07, 6.45) is 6.89. The monoisotopic (exact) mass is 197 g/mol. The molecule has 0 radical (unpaired) electrons. The Balaban J connectivity index is 2.41. The zero-order valence-electron chi connectivity index (χ0n) is 9.51. The Morgan fingerprint density at radius 1 is 1.36 bits per heavy atom. The topological polar surface area (TPSA) is 29.1 Å². The molecule has 2 heteroatoms. The molecule has 0 amide bonds. The van der Waals surface area contributed by atoms with Crippen LogP contribution in [0.5, 0.6) is 0 Å². The van der Waals surface area contributed by atoms with Gasteiger partial charge in [0.05, 0.1) is 0 Å². The first kappa shape index (κ1) is 11.7. The van der Waals surface area contributed by atoms with Gasteiger partial charge >= 0.3 is 0 Å². The van der Waals surface area contributed by atoms with Gasteiger partial charge in [-0.05, 0) is 25.8 Å². The van der Waals surface area contributed by atoms with E-state index in [0.717, 1.165) is 19.4 Å². The quantitative estimate of drug-likeness (QED) is 0.733. The summed E-state index contributed by atoms with van der Waals surface area (Å²) in [6, 6.07) is 0. The van der Waals surface area contributed by atoms with Crippen LogP contribution in [-0.4, -0.2) is 19.4 Å². The van der Waals surface area contributed by atoms with Crippen LogP contribution in [0.25, 0.3) is 0 Å². The number of carbonyl (C=O) groups is 1. The summed E-state index contributed by atoms with van der Waals surface area (Å²) < 4.78 is 0. The van der Waals surface area contributed by atoms with Gasteiger partial charge in [-0.2, -0.15) is 0 Å². The fraction of sp³-hybridized carbons (Fsp3) is 0.917. The lowest BCUT2D eigenvalue weighted by molar-refractivity contribution is -0.125. The summed E-state index contributed by atoms with van der Waals surface area (Å²) in [5, 5.41) is 3.05. The van der Waals surface area contributed by atoms with Crippen molar-refractivity contribution in [2.24, 2.45) is 11.8 Å². The molecular weight excluding hydrogens is 174 g/mol. The summed E-state index contributed by atoms with van der Waals surface area (Å²) in [5.41, 5.74) is 0. The molecule has 0 spiro atoms. The highest BCUT2D eigenvalue weighted by Crippen LogP contribution is 2.33. The van der Waals surface area contributed by atoms with Crippen LogP contribution in [0.15, 0.2) is 0 Å². The number of nitrogens with one attached hydrogen (secondary N) is 1. The van der Waals surface area contributed by atoms with E-state index in [0.29, 0.717) is 17.6 Å². The normalized spacial score (nSPS) is 27.6. The van der Waals surface area contributed by atoms with E-state index >= 15 is 0 Å². The molecule has 1 saturated carbocycles. The van der Waals surface area contributed by atoms with Crippen LogP contribution in [0.3, 0.4) is 0 Å². The predicted molar refractivity (Wildman–Crippen MR) is 59.3 cm³/mol. The van der Waals surface area contributed by atoms with Gasteiger partial charge in [0.1, 0.15) is 5.78 Å². The number of Topliss-reactive ketones (excluding diaryl/α,β-unsaturated/α-hetero) is 1. The van der Waals surface area contributed by atoms with Gasteiger partial charge in [-0.25, -0.2) is 0 Å². The average molecular weight is 197 g/mol. The van der Waals surface area contributed by atoms with Crippen molar-refractivity contribution in [2.75, 3.05) is 13.6 Å². The van der Waals surface area contributed by atoms with Crippen molar-refractivity contribution in [3.63, 3.8) is 0 Å². The predicted octanol–water partition coefficient (Wildman–Crippen LogP) is 2.38. The molecule has 0 saturated heterocycles. The first-order chi connectivity index (χ1) is 6.79. The highest BCUT2D eigenvalue weighted by Gasteiger charge is 2.28. The third-order valence-corrected chi connectivity index (χ3v) is 3.47. The molecule has 1 rings (SSSR count). The van der Waals surface area contributed by atoms with E-state index in [-0.39, 0.29) is 0 Å². The van der Waals surface area contributed by atoms with Crippen molar-refractivity contribution in [3.8, 4) is 0 Å². The van der Waals surface area contributed by atoms with Gasteiger partial charge in [0.2, 0.25) is 0 Å². The maximum absolute atomic E-state index is 11.9. The number of rotatable bonds is 5. The fourth-order valence-corrected chi connectivity index (χ4v) is 2.55. The average Bonchev–Trinajstić information content (AvgIpc) is 2.25. The van der Waals surface area contributed by atoms with Crippen molar-refractivity contribution in [1.29, 1.82) is 0 Å². The van der Waals surface area contributed by atoms with Crippen LogP contribution in [-0.2, 0) is 4.79 Å². The van der Waals surface area contributed by atoms with Gasteiger partial charge in [-0.3, -0.25) is 4.79 Å². The van der Waals surface area contributed by atoms with Crippen molar-refractivity contribution < 1.29 is 4.79 Å². The molecule has 0 bridgehead atoms. The third kappa shape index (κ3) is 3.09. The van der Waals surface area contributed by atoms with Crippen molar-refractivity contribution in [2.45, 2.75) is 45.4 Å². The molecular formula is C12H23NO. The molecule has 2 nitrogen and oxygen atoms in total. The molecule has 2 atom stereocenters. The summed E-state index contributed by atoms with van der Waals surface area (Å²) in [4.78, 5) is 11.9.